The van der Waals surface area contributed by atoms with Crippen LogP contribution in [0.1, 0.15) is 5.56 Å². The van der Waals surface area contributed by atoms with Crippen molar-refractivity contribution in [3.63, 3.8) is 0 Å². The van der Waals surface area contributed by atoms with Gasteiger partial charge >= 0.3 is 5.97 Å². The van der Waals surface area contributed by atoms with Crippen LogP contribution in [0.2, 0.25) is 0 Å². The number of methoxy groups -OCH3 is 2. The number of esters is 1. The molecule has 2 aromatic rings. The van der Waals surface area contributed by atoms with Crippen molar-refractivity contribution in [2.75, 3.05) is 19.5 Å². The maximum absolute atomic E-state index is 12.7. The summed E-state index contributed by atoms with van der Waals surface area (Å²) < 4.78 is 35.2. The Bertz CT molecular complexity index is 869. The van der Waals surface area contributed by atoms with E-state index in [1.807, 2.05) is 6.92 Å². The second-order valence-corrected chi connectivity index (χ2v) is 7.11. The van der Waals surface area contributed by atoms with Crippen LogP contribution in [0, 0.1) is 6.92 Å². The average Bonchev–Trinajstić information content (AvgIpc) is 2.62. The minimum absolute atomic E-state index is 0.0197. The Hall–Kier alpha value is -2.80. The number of rotatable bonds is 6. The first-order chi connectivity index (χ1) is 11.9. The molecule has 0 heterocycles. The molecule has 0 aliphatic carbocycles. The number of nitrogens with one attached hydrogen (secondary N) is 1. The molecule has 1 N–H and O–H groups in total. The Kier molecular flexibility index (Phi) is 5.82. The molecule has 132 valence electrons. The van der Waals surface area contributed by atoms with E-state index in [4.69, 9.17) is 4.74 Å². The zero-order valence-corrected chi connectivity index (χ0v) is 15.0. The summed E-state index contributed by atoms with van der Waals surface area (Å²) in [6.07, 6.45) is 1.13. The summed E-state index contributed by atoms with van der Waals surface area (Å²) in [6, 6.07) is 13.1. The highest BCUT2D eigenvalue weighted by Gasteiger charge is 2.28. The van der Waals surface area contributed by atoms with Crippen molar-refractivity contribution in [2.24, 2.45) is 0 Å². The lowest BCUT2D eigenvalue weighted by atomic mass is 10.2. The van der Waals surface area contributed by atoms with Gasteiger partial charge in [-0.3, -0.25) is 0 Å². The summed E-state index contributed by atoms with van der Waals surface area (Å²) in [6.45, 7) is 1.85. The zero-order chi connectivity index (χ0) is 18.4. The second-order valence-electron chi connectivity index (χ2n) is 5.19. The topological polar surface area (TPSA) is 81.7 Å². The lowest BCUT2D eigenvalue weighted by molar-refractivity contribution is -0.135. The summed E-state index contributed by atoms with van der Waals surface area (Å²) in [4.78, 5) is 11.5. The maximum atomic E-state index is 12.7. The van der Waals surface area contributed by atoms with Gasteiger partial charge in [-0.1, -0.05) is 17.7 Å². The van der Waals surface area contributed by atoms with Crippen molar-refractivity contribution in [3.05, 3.63) is 65.2 Å². The average molecular weight is 361 g/mol. The molecule has 0 amide bonds. The molecule has 0 aromatic heterocycles. The van der Waals surface area contributed by atoms with Crippen LogP contribution in [0.25, 0.3) is 0 Å². The van der Waals surface area contributed by atoms with Gasteiger partial charge in [0.15, 0.2) is 4.91 Å². The van der Waals surface area contributed by atoms with E-state index < -0.39 is 20.7 Å². The smallest absolute Gasteiger partial charge is 0.351 e. The zero-order valence-electron chi connectivity index (χ0n) is 14.1. The van der Waals surface area contributed by atoms with E-state index in [2.05, 4.69) is 10.1 Å². The fourth-order valence-electron chi connectivity index (χ4n) is 2.03. The number of hydrogen-bond acceptors (Lipinski definition) is 6. The maximum Gasteiger partial charge on any atom is 0.351 e. The monoisotopic (exact) mass is 361 g/mol. The van der Waals surface area contributed by atoms with Gasteiger partial charge < -0.3 is 14.8 Å². The standard InChI is InChI=1S/C18H19NO5S/c1-13-4-10-16(11-5-13)25(21,22)17(18(20)24-3)12-19-14-6-8-15(23-2)9-7-14/h4-12,19H,1-3H3. The number of sulfone groups is 1. The van der Waals surface area contributed by atoms with E-state index in [0.29, 0.717) is 11.4 Å². The molecule has 0 unspecified atom stereocenters. The highest BCUT2D eigenvalue weighted by Crippen LogP contribution is 2.22. The van der Waals surface area contributed by atoms with Gasteiger partial charge in [-0.25, -0.2) is 13.2 Å². The first kappa shape index (κ1) is 18.5. The molecule has 0 fully saturated rings. The number of ether oxygens (including phenoxy) is 2. The first-order valence-corrected chi connectivity index (χ1v) is 8.87. The fourth-order valence-corrected chi connectivity index (χ4v) is 3.29. The SMILES string of the molecule is COC(=O)C(=CNc1ccc(OC)cc1)S(=O)(=O)c1ccc(C)cc1. The second kappa shape index (κ2) is 7.85. The third-order valence-corrected chi connectivity index (χ3v) is 5.22. The summed E-state index contributed by atoms with van der Waals surface area (Å²) >= 11 is 0. The van der Waals surface area contributed by atoms with Crippen LogP contribution in [-0.2, 0) is 19.4 Å². The Morgan fingerprint density at radius 2 is 1.60 bits per heavy atom. The van der Waals surface area contributed by atoms with Gasteiger partial charge in [-0.2, -0.15) is 0 Å². The van der Waals surface area contributed by atoms with Crippen LogP contribution in [0.15, 0.2) is 64.5 Å². The van der Waals surface area contributed by atoms with Crippen molar-refractivity contribution in [1.82, 2.24) is 0 Å². The molecule has 6 nitrogen and oxygen atoms in total. The molecule has 0 spiro atoms. The molecule has 0 aliphatic rings. The molecule has 25 heavy (non-hydrogen) atoms. The third-order valence-electron chi connectivity index (χ3n) is 3.47. The minimum Gasteiger partial charge on any atom is -0.497 e. The summed E-state index contributed by atoms with van der Waals surface area (Å²) in [5.41, 5.74) is 1.51. The van der Waals surface area contributed by atoms with E-state index in [1.165, 1.54) is 12.1 Å². The molecule has 2 aromatic carbocycles. The number of anilines is 1. The van der Waals surface area contributed by atoms with Crippen LogP contribution >= 0.6 is 0 Å². The molecule has 0 saturated carbocycles. The molecule has 2 rings (SSSR count). The van der Waals surface area contributed by atoms with Gasteiger partial charge in [0.05, 0.1) is 19.1 Å². The van der Waals surface area contributed by atoms with Crippen molar-refractivity contribution in [2.45, 2.75) is 11.8 Å². The predicted molar refractivity (Wildman–Crippen MR) is 95.1 cm³/mol. The lowest BCUT2D eigenvalue weighted by Crippen LogP contribution is -2.17. The van der Waals surface area contributed by atoms with E-state index in [0.717, 1.165) is 18.9 Å². The van der Waals surface area contributed by atoms with Crippen LogP contribution in [0.4, 0.5) is 5.69 Å². The Labute approximate surface area is 147 Å². The summed E-state index contributed by atoms with van der Waals surface area (Å²) in [5, 5.41) is 2.80. The van der Waals surface area contributed by atoms with Crippen molar-refractivity contribution in [3.8, 4) is 5.75 Å². The minimum atomic E-state index is -4.01. The van der Waals surface area contributed by atoms with E-state index in [9.17, 15) is 13.2 Å². The molecule has 0 atom stereocenters. The van der Waals surface area contributed by atoms with E-state index in [-0.39, 0.29) is 4.90 Å². The largest absolute Gasteiger partial charge is 0.497 e. The molecular formula is C18H19NO5S. The van der Waals surface area contributed by atoms with E-state index in [1.54, 1.807) is 43.5 Å². The quantitative estimate of drug-likeness (QED) is 0.629. The molecule has 0 bridgehead atoms. The number of hydrogen-bond donors (Lipinski definition) is 1. The Morgan fingerprint density at radius 3 is 2.12 bits per heavy atom. The van der Waals surface area contributed by atoms with Crippen molar-refractivity contribution in [1.29, 1.82) is 0 Å². The molecule has 7 heteroatoms. The summed E-state index contributed by atoms with van der Waals surface area (Å²) in [5.74, 6) is -0.281. The normalized spacial score (nSPS) is 11.7. The molecule has 0 radical (unpaired) electrons. The van der Waals surface area contributed by atoms with Crippen molar-refractivity contribution >= 4 is 21.5 Å². The van der Waals surface area contributed by atoms with Crippen LogP contribution in [-0.4, -0.2) is 28.6 Å². The van der Waals surface area contributed by atoms with Crippen LogP contribution in [0.3, 0.4) is 0 Å². The number of carbonyl (C=O) groups excluding carboxylic acids is 1. The van der Waals surface area contributed by atoms with Crippen molar-refractivity contribution < 1.29 is 22.7 Å². The van der Waals surface area contributed by atoms with Gasteiger partial charge in [0.1, 0.15) is 5.75 Å². The Balaban J connectivity index is 2.37. The predicted octanol–water partition coefficient (Wildman–Crippen LogP) is 2.90. The Morgan fingerprint density at radius 1 is 1.00 bits per heavy atom. The number of benzene rings is 2. The van der Waals surface area contributed by atoms with Gasteiger partial charge in [0.2, 0.25) is 9.84 Å². The van der Waals surface area contributed by atoms with E-state index >= 15 is 0 Å². The van der Waals surface area contributed by atoms with Gasteiger partial charge in [0, 0.05) is 11.9 Å². The van der Waals surface area contributed by atoms with Gasteiger partial charge in [-0.15, -0.1) is 0 Å². The first-order valence-electron chi connectivity index (χ1n) is 7.39. The number of carbonyl (C=O) groups is 1. The fraction of sp³-hybridized carbons (Fsp3) is 0.167. The molecule has 0 aliphatic heterocycles. The van der Waals surface area contributed by atoms with Crippen LogP contribution in [0.5, 0.6) is 5.75 Å². The molecular weight excluding hydrogens is 342 g/mol. The number of aryl methyl sites for hydroxylation is 1. The van der Waals surface area contributed by atoms with Crippen LogP contribution < -0.4 is 10.1 Å². The molecule has 0 saturated heterocycles. The van der Waals surface area contributed by atoms with Gasteiger partial charge in [-0.05, 0) is 43.3 Å². The summed E-state index contributed by atoms with van der Waals surface area (Å²) in [7, 11) is -1.33. The third kappa shape index (κ3) is 4.39. The highest BCUT2D eigenvalue weighted by molar-refractivity contribution is 7.96. The van der Waals surface area contributed by atoms with Gasteiger partial charge in [0.25, 0.3) is 0 Å². The highest BCUT2D eigenvalue weighted by atomic mass is 32.2. The lowest BCUT2D eigenvalue weighted by Gasteiger charge is -2.09.